The molecule has 0 radical (unpaired) electrons. The van der Waals surface area contributed by atoms with Crippen LogP contribution in [0.4, 0.5) is 10.5 Å². The third kappa shape index (κ3) is 5.60. The van der Waals surface area contributed by atoms with Gasteiger partial charge in [0.05, 0.1) is 18.8 Å². The van der Waals surface area contributed by atoms with E-state index in [1.165, 1.54) is 12.8 Å². The van der Waals surface area contributed by atoms with E-state index in [4.69, 9.17) is 9.47 Å². The fraction of sp³-hybridized carbons (Fsp3) is 0.423. The number of hydrogen-bond acceptors (Lipinski definition) is 6. The minimum atomic E-state index is -0.228. The summed E-state index contributed by atoms with van der Waals surface area (Å²) in [6, 6.07) is 15.1. The zero-order chi connectivity index (χ0) is 22.5. The van der Waals surface area contributed by atoms with Crippen LogP contribution in [-0.2, 0) is 11.3 Å². The summed E-state index contributed by atoms with van der Waals surface area (Å²) in [6.45, 7) is 2.32. The summed E-state index contributed by atoms with van der Waals surface area (Å²) in [5.41, 5.74) is 2.05. The molecule has 5 rings (SSSR count). The maximum absolute atomic E-state index is 13.2. The molecule has 0 N–H and O–H groups in total. The standard InChI is InChI=1S/C26H30N2O3S2/c29-26(28(23-10-14-33-19-23)17-20-9-13-32-18-20)31-25-15-21-7-8-22(16-25)27(21)11-4-12-30-24-5-2-1-3-6-24/h1-3,5-6,9-10,13-14,18-19,21-22,25H,4,7-8,11-12,15-17H2/t21-,22+,25?. The summed E-state index contributed by atoms with van der Waals surface area (Å²) in [7, 11) is 0. The molecule has 0 aliphatic carbocycles. The highest BCUT2D eigenvalue weighted by atomic mass is 32.1. The Morgan fingerprint density at radius 2 is 1.76 bits per heavy atom. The number of carbonyl (C=O) groups excluding carboxylic acids is 1. The molecule has 33 heavy (non-hydrogen) atoms. The first-order valence-corrected chi connectivity index (χ1v) is 13.6. The van der Waals surface area contributed by atoms with E-state index < -0.39 is 0 Å². The summed E-state index contributed by atoms with van der Waals surface area (Å²) in [5, 5.41) is 8.15. The van der Waals surface area contributed by atoms with Crippen molar-refractivity contribution in [2.75, 3.05) is 18.1 Å². The van der Waals surface area contributed by atoms with Gasteiger partial charge in [0, 0.05) is 36.9 Å². The fourth-order valence-corrected chi connectivity index (χ4v) is 6.38. The summed E-state index contributed by atoms with van der Waals surface area (Å²) in [4.78, 5) is 17.6. The number of rotatable bonds is 9. The lowest BCUT2D eigenvalue weighted by atomic mass is 9.99. The predicted molar refractivity (Wildman–Crippen MR) is 134 cm³/mol. The summed E-state index contributed by atoms with van der Waals surface area (Å²) >= 11 is 3.25. The lowest BCUT2D eigenvalue weighted by Crippen LogP contribution is -2.47. The zero-order valence-corrected chi connectivity index (χ0v) is 20.3. The van der Waals surface area contributed by atoms with E-state index in [0.29, 0.717) is 18.6 Å². The van der Waals surface area contributed by atoms with E-state index >= 15 is 0 Å². The van der Waals surface area contributed by atoms with Crippen molar-refractivity contribution in [1.82, 2.24) is 4.90 Å². The molecule has 1 amide bonds. The average molecular weight is 483 g/mol. The minimum absolute atomic E-state index is 0.00423. The molecule has 2 aliphatic rings. The number of carbonyl (C=O) groups is 1. The van der Waals surface area contributed by atoms with E-state index in [-0.39, 0.29) is 12.2 Å². The zero-order valence-electron chi connectivity index (χ0n) is 18.7. The van der Waals surface area contributed by atoms with Gasteiger partial charge >= 0.3 is 6.09 Å². The first-order valence-electron chi connectivity index (χ1n) is 11.7. The van der Waals surface area contributed by atoms with Crippen LogP contribution in [0.3, 0.4) is 0 Å². The third-order valence-corrected chi connectivity index (χ3v) is 8.04. The van der Waals surface area contributed by atoms with Gasteiger partial charge in [0.15, 0.2) is 0 Å². The molecular weight excluding hydrogens is 452 g/mol. The molecule has 4 heterocycles. The highest BCUT2D eigenvalue weighted by Gasteiger charge is 2.42. The van der Waals surface area contributed by atoms with Crippen molar-refractivity contribution in [2.45, 2.75) is 56.8 Å². The van der Waals surface area contributed by atoms with Gasteiger partial charge in [0.25, 0.3) is 0 Å². The molecule has 3 aromatic rings. The van der Waals surface area contributed by atoms with Crippen molar-refractivity contribution in [3.8, 4) is 5.75 Å². The van der Waals surface area contributed by atoms with Crippen molar-refractivity contribution in [2.24, 2.45) is 0 Å². The highest BCUT2D eigenvalue weighted by Crippen LogP contribution is 2.37. The van der Waals surface area contributed by atoms with Crippen LogP contribution in [0.1, 0.15) is 37.7 Å². The van der Waals surface area contributed by atoms with Crippen LogP contribution in [0.2, 0.25) is 0 Å². The van der Waals surface area contributed by atoms with E-state index in [1.54, 1.807) is 27.6 Å². The highest BCUT2D eigenvalue weighted by molar-refractivity contribution is 7.08. The maximum atomic E-state index is 13.2. The van der Waals surface area contributed by atoms with Gasteiger partial charge < -0.3 is 9.47 Å². The Hall–Kier alpha value is -2.35. The van der Waals surface area contributed by atoms with E-state index in [0.717, 1.165) is 49.4 Å². The molecule has 0 spiro atoms. The number of thiophene rings is 2. The quantitative estimate of drug-likeness (QED) is 0.330. The lowest BCUT2D eigenvalue weighted by Gasteiger charge is -2.39. The first kappa shape index (κ1) is 22.4. The van der Waals surface area contributed by atoms with E-state index in [9.17, 15) is 4.79 Å². The Labute approximate surface area is 203 Å². The Kier molecular flexibility index (Phi) is 7.29. The minimum Gasteiger partial charge on any atom is -0.494 e. The lowest BCUT2D eigenvalue weighted by molar-refractivity contribution is 0.0190. The number of fused-ring (bicyclic) bond motifs is 2. The second-order valence-electron chi connectivity index (χ2n) is 8.81. The van der Waals surface area contributed by atoms with E-state index in [1.807, 2.05) is 52.5 Å². The van der Waals surface area contributed by atoms with Gasteiger partial charge in [-0.2, -0.15) is 22.7 Å². The third-order valence-electron chi connectivity index (χ3n) is 6.64. The van der Waals surface area contributed by atoms with Crippen molar-refractivity contribution in [3.63, 3.8) is 0 Å². The predicted octanol–water partition coefficient (Wildman–Crippen LogP) is 6.42. The number of benzene rings is 1. The smallest absolute Gasteiger partial charge is 0.414 e. The maximum Gasteiger partial charge on any atom is 0.414 e. The van der Waals surface area contributed by atoms with Crippen LogP contribution in [0.5, 0.6) is 5.75 Å². The number of hydrogen-bond donors (Lipinski definition) is 0. The van der Waals surface area contributed by atoms with Gasteiger partial charge in [-0.1, -0.05) is 18.2 Å². The monoisotopic (exact) mass is 482 g/mol. The Morgan fingerprint density at radius 3 is 2.45 bits per heavy atom. The number of para-hydroxylation sites is 1. The number of anilines is 1. The average Bonchev–Trinajstić information content (AvgIpc) is 3.58. The summed E-state index contributed by atoms with van der Waals surface area (Å²) < 4.78 is 11.9. The van der Waals surface area contributed by atoms with Gasteiger partial charge in [-0.15, -0.1) is 0 Å². The molecule has 1 unspecified atom stereocenters. The molecule has 2 bridgehead atoms. The topological polar surface area (TPSA) is 42.0 Å². The van der Waals surface area contributed by atoms with Crippen molar-refractivity contribution in [3.05, 3.63) is 69.5 Å². The number of amides is 1. The largest absolute Gasteiger partial charge is 0.494 e. The Bertz CT molecular complexity index is 980. The molecule has 0 saturated carbocycles. The molecule has 2 aliphatic heterocycles. The summed E-state index contributed by atoms with van der Waals surface area (Å²) in [6.07, 6.45) is 5.03. The van der Waals surface area contributed by atoms with Crippen LogP contribution >= 0.6 is 22.7 Å². The van der Waals surface area contributed by atoms with Crippen LogP contribution < -0.4 is 9.64 Å². The SMILES string of the molecule is O=C(OC1C[C@H]2CC[C@@H](C1)N2CCCOc1ccccc1)N(Cc1ccsc1)c1ccsc1. The van der Waals surface area contributed by atoms with Crippen molar-refractivity contribution >= 4 is 34.5 Å². The Balaban J connectivity index is 1.13. The van der Waals surface area contributed by atoms with Crippen molar-refractivity contribution < 1.29 is 14.3 Å². The van der Waals surface area contributed by atoms with Gasteiger partial charge in [-0.3, -0.25) is 9.80 Å². The Morgan fingerprint density at radius 1 is 1.00 bits per heavy atom. The van der Waals surface area contributed by atoms with Crippen LogP contribution in [0.25, 0.3) is 0 Å². The van der Waals surface area contributed by atoms with E-state index in [2.05, 4.69) is 16.3 Å². The number of piperidine rings is 1. The van der Waals surface area contributed by atoms with Crippen LogP contribution in [0.15, 0.2) is 64.0 Å². The molecule has 1 aromatic carbocycles. The van der Waals surface area contributed by atoms with Gasteiger partial charge in [-0.25, -0.2) is 4.79 Å². The fourth-order valence-electron chi connectivity index (χ4n) is 5.08. The second kappa shape index (κ2) is 10.7. The first-order chi connectivity index (χ1) is 16.3. The van der Waals surface area contributed by atoms with Crippen LogP contribution in [0, 0.1) is 0 Å². The molecule has 7 heteroatoms. The molecule has 2 saturated heterocycles. The number of nitrogens with zero attached hydrogens (tertiary/aromatic N) is 2. The summed E-state index contributed by atoms with van der Waals surface area (Å²) in [5.74, 6) is 0.934. The van der Waals surface area contributed by atoms with Gasteiger partial charge in [0.1, 0.15) is 11.9 Å². The molecular formula is C26H30N2O3S2. The van der Waals surface area contributed by atoms with Crippen LogP contribution in [-0.4, -0.2) is 42.3 Å². The molecule has 3 atom stereocenters. The van der Waals surface area contributed by atoms with Gasteiger partial charge in [0.2, 0.25) is 0 Å². The molecule has 2 fully saturated rings. The van der Waals surface area contributed by atoms with Crippen molar-refractivity contribution in [1.29, 1.82) is 0 Å². The molecule has 174 valence electrons. The molecule has 5 nitrogen and oxygen atoms in total. The normalized spacial score (nSPS) is 22.2. The second-order valence-corrected chi connectivity index (χ2v) is 10.4. The number of ether oxygens (including phenoxy) is 2. The molecule has 2 aromatic heterocycles. The van der Waals surface area contributed by atoms with Gasteiger partial charge in [-0.05, 0) is 65.2 Å².